The Bertz CT molecular complexity index is 493. The summed E-state index contributed by atoms with van der Waals surface area (Å²) < 4.78 is 0. The number of hydrogen-bond donors (Lipinski definition) is 0. The summed E-state index contributed by atoms with van der Waals surface area (Å²) in [5.74, 6) is 0.806. The van der Waals surface area contributed by atoms with Gasteiger partial charge in [0.2, 0.25) is 0 Å². The Kier molecular flexibility index (Phi) is 6.60. The molecule has 0 saturated carbocycles. The smallest absolute Gasteiger partial charge is 0.251 e. The van der Waals surface area contributed by atoms with Crippen LogP contribution < -0.4 is 0 Å². The topological polar surface area (TPSA) is 32.8 Å². The van der Waals surface area contributed by atoms with Gasteiger partial charge in [-0.2, -0.15) is 0 Å². The number of nitrogens with zero attached hydrogens (tertiary/aromatic N) is 2. The van der Waals surface area contributed by atoms with Crippen LogP contribution in [0.5, 0.6) is 0 Å². The minimum Gasteiger partial charge on any atom is -0.302 e. The van der Waals surface area contributed by atoms with Crippen molar-refractivity contribution in [1.29, 1.82) is 0 Å². The lowest BCUT2D eigenvalue weighted by atomic mass is 9.97. The maximum atomic E-state index is 11.9. The molecule has 0 N–H and O–H groups in total. The van der Waals surface area contributed by atoms with E-state index >= 15 is 0 Å². The lowest BCUT2D eigenvalue weighted by Crippen LogP contribution is -2.53. The normalized spacial score (nSPS) is 15.7. The Morgan fingerprint density at radius 3 is 2.48 bits per heavy atom. The van der Waals surface area contributed by atoms with Crippen LogP contribution in [0.25, 0.3) is 0 Å². The second-order valence-corrected chi connectivity index (χ2v) is 6.83. The third-order valence-corrected chi connectivity index (χ3v) is 4.73. The fraction of sp³-hybridized carbons (Fsp3) is 0.632. The Hall–Kier alpha value is -1.39. The van der Waals surface area contributed by atoms with Gasteiger partial charge < -0.3 is 4.90 Å². The molecule has 4 nitrogen and oxygen atoms in total. The SMILES string of the molecule is CON(C)C(=O)C1CN(CCCCc2ccc(C(C)C)cc2)C1. The molecule has 4 heteroatoms. The van der Waals surface area contributed by atoms with Crippen LogP contribution in [0, 0.1) is 5.92 Å². The monoisotopic (exact) mass is 318 g/mol. The molecule has 1 aromatic rings. The highest BCUT2D eigenvalue weighted by Crippen LogP contribution is 2.19. The van der Waals surface area contributed by atoms with Crippen LogP contribution in [0.1, 0.15) is 43.7 Å². The second-order valence-electron chi connectivity index (χ2n) is 6.83. The highest BCUT2D eigenvalue weighted by atomic mass is 16.7. The maximum Gasteiger partial charge on any atom is 0.251 e. The average molecular weight is 318 g/mol. The fourth-order valence-electron chi connectivity index (χ4n) is 2.99. The maximum absolute atomic E-state index is 11.9. The molecule has 0 unspecified atom stereocenters. The van der Waals surface area contributed by atoms with Crippen molar-refractivity contribution in [2.45, 2.75) is 39.0 Å². The van der Waals surface area contributed by atoms with E-state index < -0.39 is 0 Å². The Morgan fingerprint density at radius 2 is 1.91 bits per heavy atom. The quantitative estimate of drug-likeness (QED) is 0.545. The van der Waals surface area contributed by atoms with Gasteiger partial charge in [-0.25, -0.2) is 5.06 Å². The van der Waals surface area contributed by atoms with Crippen LogP contribution in [0.4, 0.5) is 0 Å². The van der Waals surface area contributed by atoms with E-state index in [0.29, 0.717) is 5.92 Å². The van der Waals surface area contributed by atoms with E-state index in [0.717, 1.165) is 26.1 Å². The van der Waals surface area contributed by atoms with Gasteiger partial charge in [-0.15, -0.1) is 0 Å². The summed E-state index contributed by atoms with van der Waals surface area (Å²) in [4.78, 5) is 19.2. The van der Waals surface area contributed by atoms with E-state index in [4.69, 9.17) is 4.84 Å². The highest BCUT2D eigenvalue weighted by Gasteiger charge is 2.33. The summed E-state index contributed by atoms with van der Waals surface area (Å²) in [6.07, 6.45) is 3.53. The van der Waals surface area contributed by atoms with E-state index in [9.17, 15) is 4.79 Å². The molecule has 1 fully saturated rings. The van der Waals surface area contributed by atoms with Crippen molar-refractivity contribution < 1.29 is 9.63 Å². The molecule has 0 spiro atoms. The van der Waals surface area contributed by atoms with Gasteiger partial charge in [0.25, 0.3) is 5.91 Å². The van der Waals surface area contributed by atoms with Gasteiger partial charge in [-0.3, -0.25) is 9.63 Å². The van der Waals surface area contributed by atoms with Crippen molar-refractivity contribution in [3.63, 3.8) is 0 Å². The molecule has 1 aliphatic rings. The van der Waals surface area contributed by atoms with Crippen molar-refractivity contribution in [3.05, 3.63) is 35.4 Å². The summed E-state index contributed by atoms with van der Waals surface area (Å²) in [6.45, 7) is 7.28. The summed E-state index contributed by atoms with van der Waals surface area (Å²) in [5.41, 5.74) is 2.83. The minimum absolute atomic E-state index is 0.0917. The zero-order valence-corrected chi connectivity index (χ0v) is 14.9. The van der Waals surface area contributed by atoms with Crippen molar-refractivity contribution in [1.82, 2.24) is 9.96 Å². The average Bonchev–Trinajstić information content (AvgIpc) is 2.52. The van der Waals surface area contributed by atoms with Crippen molar-refractivity contribution in [3.8, 4) is 0 Å². The molecule has 23 heavy (non-hydrogen) atoms. The van der Waals surface area contributed by atoms with Crippen LogP contribution in [0.15, 0.2) is 24.3 Å². The number of carbonyl (C=O) groups is 1. The van der Waals surface area contributed by atoms with Crippen molar-refractivity contribution >= 4 is 5.91 Å². The van der Waals surface area contributed by atoms with Crippen LogP contribution in [-0.2, 0) is 16.1 Å². The van der Waals surface area contributed by atoms with E-state index in [1.807, 2.05) is 0 Å². The molecule has 2 rings (SSSR count). The van der Waals surface area contributed by atoms with Gasteiger partial charge in [0, 0.05) is 20.1 Å². The number of hydrogen-bond acceptors (Lipinski definition) is 3. The van der Waals surface area contributed by atoms with Crippen LogP contribution in [0.3, 0.4) is 0 Å². The number of hydroxylamine groups is 2. The molecule has 0 bridgehead atoms. The first-order valence-electron chi connectivity index (χ1n) is 8.64. The van der Waals surface area contributed by atoms with Gasteiger partial charge in [-0.05, 0) is 42.9 Å². The molecule has 1 heterocycles. The predicted octanol–water partition coefficient (Wildman–Crippen LogP) is 3.08. The van der Waals surface area contributed by atoms with Gasteiger partial charge in [0.1, 0.15) is 0 Å². The first kappa shape index (κ1) is 18.0. The number of aryl methyl sites for hydroxylation is 1. The predicted molar refractivity (Wildman–Crippen MR) is 93.2 cm³/mol. The van der Waals surface area contributed by atoms with Crippen LogP contribution in [-0.4, -0.2) is 49.7 Å². The number of carbonyl (C=O) groups excluding carboxylic acids is 1. The molecular weight excluding hydrogens is 288 g/mol. The zero-order chi connectivity index (χ0) is 16.8. The Labute approximate surface area is 140 Å². The van der Waals surface area contributed by atoms with E-state index in [1.165, 1.54) is 36.1 Å². The van der Waals surface area contributed by atoms with E-state index in [1.54, 1.807) is 7.05 Å². The number of rotatable bonds is 8. The highest BCUT2D eigenvalue weighted by molar-refractivity contribution is 5.78. The van der Waals surface area contributed by atoms with Gasteiger partial charge in [0.15, 0.2) is 0 Å². The Balaban J connectivity index is 1.59. The lowest BCUT2D eigenvalue weighted by molar-refractivity contribution is -0.178. The van der Waals surface area contributed by atoms with E-state index in [-0.39, 0.29) is 11.8 Å². The second kappa shape index (κ2) is 8.46. The number of benzene rings is 1. The first-order valence-corrected chi connectivity index (χ1v) is 8.64. The van der Waals surface area contributed by atoms with Crippen LogP contribution in [0.2, 0.25) is 0 Å². The summed E-state index contributed by atoms with van der Waals surface area (Å²) in [5, 5.41) is 1.34. The van der Waals surface area contributed by atoms with E-state index in [2.05, 4.69) is 43.0 Å². The number of amides is 1. The molecule has 0 aliphatic carbocycles. The molecule has 0 aromatic heterocycles. The first-order chi connectivity index (χ1) is 11.0. The molecule has 0 atom stereocenters. The molecule has 128 valence electrons. The fourth-order valence-corrected chi connectivity index (χ4v) is 2.99. The lowest BCUT2D eigenvalue weighted by Gasteiger charge is -2.39. The van der Waals surface area contributed by atoms with Gasteiger partial charge in [-0.1, -0.05) is 38.1 Å². The van der Waals surface area contributed by atoms with Crippen LogP contribution >= 0.6 is 0 Å². The summed E-state index contributed by atoms with van der Waals surface area (Å²) >= 11 is 0. The summed E-state index contributed by atoms with van der Waals surface area (Å²) in [6, 6.07) is 9.01. The molecule has 0 radical (unpaired) electrons. The zero-order valence-electron chi connectivity index (χ0n) is 14.9. The van der Waals surface area contributed by atoms with Gasteiger partial charge >= 0.3 is 0 Å². The molecule has 1 saturated heterocycles. The third-order valence-electron chi connectivity index (χ3n) is 4.73. The van der Waals surface area contributed by atoms with Crippen molar-refractivity contribution in [2.75, 3.05) is 33.8 Å². The molecular formula is C19H30N2O2. The number of likely N-dealkylation sites (tertiary alicyclic amines) is 1. The third kappa shape index (κ3) is 5.05. The minimum atomic E-state index is 0.0917. The summed E-state index contributed by atoms with van der Waals surface area (Å²) in [7, 11) is 3.21. The Morgan fingerprint density at radius 1 is 1.26 bits per heavy atom. The van der Waals surface area contributed by atoms with Crippen molar-refractivity contribution in [2.24, 2.45) is 5.92 Å². The number of unbranched alkanes of at least 4 members (excludes halogenated alkanes) is 1. The molecule has 1 aliphatic heterocycles. The standard InChI is InChI=1S/C19H30N2O2/c1-15(2)17-10-8-16(9-11-17)7-5-6-12-21-13-18(14-21)19(22)20(3)23-4/h8-11,15,18H,5-7,12-14H2,1-4H3. The van der Waals surface area contributed by atoms with Gasteiger partial charge in [0.05, 0.1) is 13.0 Å². The largest absolute Gasteiger partial charge is 0.302 e. The molecule has 1 amide bonds. The molecule has 1 aromatic carbocycles.